The van der Waals surface area contributed by atoms with Gasteiger partial charge in [0.05, 0.1) is 6.61 Å². The molecule has 5 heteroatoms. The zero-order chi connectivity index (χ0) is 16.9. The van der Waals surface area contributed by atoms with Gasteiger partial charge in [-0.25, -0.2) is 4.57 Å². The molecule has 0 amide bonds. The molecule has 0 bridgehead atoms. The summed E-state index contributed by atoms with van der Waals surface area (Å²) in [6.45, 7) is 5.33. The summed E-state index contributed by atoms with van der Waals surface area (Å²) in [6, 6.07) is 17.2. The Balaban J connectivity index is 2.17. The maximum absolute atomic E-state index is 13.0. The van der Waals surface area contributed by atoms with E-state index < -0.39 is 6.80 Å². The molecule has 0 fully saturated rings. The first-order valence-electron chi connectivity index (χ1n) is 7.62. The Hall–Kier alpha value is -1.22. The van der Waals surface area contributed by atoms with Gasteiger partial charge < -0.3 is 4.52 Å². The van der Waals surface area contributed by atoms with Crippen LogP contribution in [0.25, 0.3) is 0 Å². The largest absolute Gasteiger partial charge is 0.444 e. The lowest BCUT2D eigenvalue weighted by Gasteiger charge is -2.20. The molecule has 0 aliphatic heterocycles. The summed E-state index contributed by atoms with van der Waals surface area (Å²) in [4.78, 5) is 0.866. The van der Waals surface area contributed by atoms with Crippen molar-refractivity contribution in [2.45, 2.75) is 38.0 Å². The highest BCUT2D eigenvalue weighted by atomic mass is 32.7. The van der Waals surface area contributed by atoms with Crippen LogP contribution in [0, 0.1) is 0 Å². The fourth-order valence-corrected chi connectivity index (χ4v) is 5.32. The van der Waals surface area contributed by atoms with Crippen molar-refractivity contribution in [2.75, 3.05) is 6.61 Å². The molecule has 0 saturated carbocycles. The minimum Gasteiger partial charge on any atom is -0.417 e. The van der Waals surface area contributed by atoms with Crippen LogP contribution in [0.2, 0.25) is 0 Å². The Kier molecular flexibility index (Phi) is 5.96. The van der Waals surface area contributed by atoms with Crippen LogP contribution in [0.15, 0.2) is 59.5 Å². The van der Waals surface area contributed by atoms with Crippen molar-refractivity contribution in [1.82, 2.24) is 0 Å². The van der Waals surface area contributed by atoms with E-state index in [1.165, 1.54) is 5.56 Å². The van der Waals surface area contributed by atoms with Gasteiger partial charge in [0.1, 0.15) is 5.75 Å². The van der Waals surface area contributed by atoms with Gasteiger partial charge in [-0.05, 0) is 42.2 Å². The second kappa shape index (κ2) is 7.57. The minimum atomic E-state index is -3.30. The highest BCUT2D eigenvalue weighted by Crippen LogP contribution is 2.63. The first-order valence-corrected chi connectivity index (χ1v) is 10.6. The second-order valence-corrected chi connectivity index (χ2v) is 10.0. The number of rotatable bonds is 6. The fraction of sp³-hybridized carbons (Fsp3) is 0.333. The zero-order valence-electron chi connectivity index (χ0n) is 14.0. The fourth-order valence-electron chi connectivity index (χ4n) is 1.98. The van der Waals surface area contributed by atoms with E-state index in [1.54, 1.807) is 12.1 Å². The molecule has 124 valence electrons. The van der Waals surface area contributed by atoms with Gasteiger partial charge >= 0.3 is 6.80 Å². The molecular weight excluding hydrogens is 327 g/mol. The van der Waals surface area contributed by atoms with Crippen LogP contribution in [0.5, 0.6) is 5.75 Å². The van der Waals surface area contributed by atoms with Crippen molar-refractivity contribution in [3.63, 3.8) is 0 Å². The van der Waals surface area contributed by atoms with Crippen LogP contribution < -0.4 is 4.52 Å². The van der Waals surface area contributed by atoms with E-state index in [-0.39, 0.29) is 5.41 Å². The van der Waals surface area contributed by atoms with Gasteiger partial charge in [-0.15, -0.1) is 0 Å². The van der Waals surface area contributed by atoms with Crippen molar-refractivity contribution in [3.8, 4) is 5.75 Å². The Bertz CT molecular complexity index is 663. The highest BCUT2D eigenvalue weighted by molar-refractivity contribution is 8.55. The monoisotopic (exact) mass is 350 g/mol. The number of hydrogen-bond donors (Lipinski definition) is 0. The molecule has 0 radical (unpaired) electrons. The number of benzene rings is 2. The van der Waals surface area contributed by atoms with Gasteiger partial charge in [-0.2, -0.15) is 0 Å². The third-order valence-corrected chi connectivity index (χ3v) is 6.74. The van der Waals surface area contributed by atoms with Crippen LogP contribution in [-0.2, 0) is 14.5 Å². The Morgan fingerprint density at radius 1 is 1.00 bits per heavy atom. The lowest BCUT2D eigenvalue weighted by molar-refractivity contribution is 0.296. The van der Waals surface area contributed by atoms with Crippen LogP contribution in [0.4, 0.5) is 0 Å². The van der Waals surface area contributed by atoms with Crippen LogP contribution >= 0.6 is 18.2 Å². The van der Waals surface area contributed by atoms with Gasteiger partial charge in [-0.1, -0.05) is 51.1 Å². The number of para-hydroxylation sites is 1. The summed E-state index contributed by atoms with van der Waals surface area (Å²) in [6.07, 6.45) is 0. The SMILES string of the molecule is CCOP(=O)(Oc1ccccc1)Sc1ccc(C(C)(C)C)cc1. The smallest absolute Gasteiger partial charge is 0.417 e. The van der Waals surface area contributed by atoms with E-state index in [4.69, 9.17) is 9.05 Å². The minimum absolute atomic E-state index is 0.0906. The van der Waals surface area contributed by atoms with E-state index in [0.29, 0.717) is 12.4 Å². The molecule has 0 saturated heterocycles. The zero-order valence-corrected chi connectivity index (χ0v) is 15.7. The molecule has 0 aliphatic carbocycles. The normalized spacial score (nSPS) is 14.3. The molecule has 0 heterocycles. The summed E-state index contributed by atoms with van der Waals surface area (Å²) < 4.78 is 24.0. The first kappa shape index (κ1) is 18.1. The lowest BCUT2D eigenvalue weighted by atomic mass is 9.87. The molecular formula is C18H23O3PS. The van der Waals surface area contributed by atoms with Crippen molar-refractivity contribution in [1.29, 1.82) is 0 Å². The molecule has 3 nitrogen and oxygen atoms in total. The average molecular weight is 350 g/mol. The van der Waals surface area contributed by atoms with Crippen LogP contribution in [-0.4, -0.2) is 6.61 Å². The molecule has 0 N–H and O–H groups in total. The van der Waals surface area contributed by atoms with Gasteiger partial charge in [0.25, 0.3) is 0 Å². The maximum atomic E-state index is 13.0. The molecule has 23 heavy (non-hydrogen) atoms. The van der Waals surface area contributed by atoms with Gasteiger partial charge in [0, 0.05) is 16.3 Å². The third kappa shape index (κ3) is 5.42. The van der Waals surface area contributed by atoms with E-state index in [1.807, 2.05) is 37.3 Å². The molecule has 0 spiro atoms. The quantitative estimate of drug-likeness (QED) is 0.573. The Labute approximate surface area is 142 Å². The van der Waals surface area contributed by atoms with E-state index in [2.05, 4.69) is 32.9 Å². The summed E-state index contributed by atoms with van der Waals surface area (Å²) in [7, 11) is 0. The van der Waals surface area contributed by atoms with Gasteiger partial charge in [0.15, 0.2) is 0 Å². The Morgan fingerprint density at radius 2 is 1.61 bits per heavy atom. The molecule has 2 rings (SSSR count). The van der Waals surface area contributed by atoms with Crippen molar-refractivity contribution < 1.29 is 13.6 Å². The van der Waals surface area contributed by atoms with Crippen molar-refractivity contribution >= 4 is 18.2 Å². The molecule has 2 aromatic carbocycles. The molecule has 2 aromatic rings. The standard InChI is InChI=1S/C18H23O3PS/c1-5-20-22(19,21-16-9-7-6-8-10-16)23-17-13-11-15(12-14-17)18(2,3)4/h6-14H,5H2,1-4H3. The lowest BCUT2D eigenvalue weighted by Crippen LogP contribution is -2.10. The predicted molar refractivity (Wildman–Crippen MR) is 97.3 cm³/mol. The summed E-state index contributed by atoms with van der Waals surface area (Å²) in [5.74, 6) is 0.545. The summed E-state index contributed by atoms with van der Waals surface area (Å²) in [5.41, 5.74) is 1.32. The van der Waals surface area contributed by atoms with E-state index in [9.17, 15) is 4.57 Å². The third-order valence-electron chi connectivity index (χ3n) is 3.19. The molecule has 1 atom stereocenters. The topological polar surface area (TPSA) is 35.5 Å². The van der Waals surface area contributed by atoms with Crippen molar-refractivity contribution in [3.05, 3.63) is 60.2 Å². The predicted octanol–water partition coefficient (Wildman–Crippen LogP) is 6.30. The molecule has 0 aliphatic rings. The van der Waals surface area contributed by atoms with Crippen LogP contribution in [0.1, 0.15) is 33.3 Å². The first-order chi connectivity index (χ1) is 10.8. The molecule has 0 aromatic heterocycles. The van der Waals surface area contributed by atoms with Gasteiger partial charge in [0.2, 0.25) is 0 Å². The highest BCUT2D eigenvalue weighted by Gasteiger charge is 2.28. The van der Waals surface area contributed by atoms with E-state index >= 15 is 0 Å². The van der Waals surface area contributed by atoms with Crippen molar-refractivity contribution in [2.24, 2.45) is 0 Å². The summed E-state index contributed by atoms with van der Waals surface area (Å²) in [5, 5.41) is 0. The maximum Gasteiger partial charge on any atom is 0.444 e. The molecule has 1 unspecified atom stereocenters. The summed E-state index contributed by atoms with van der Waals surface area (Å²) >= 11 is 1.14. The second-order valence-electron chi connectivity index (χ2n) is 6.13. The van der Waals surface area contributed by atoms with Gasteiger partial charge in [-0.3, -0.25) is 4.52 Å². The van der Waals surface area contributed by atoms with Crippen LogP contribution in [0.3, 0.4) is 0 Å². The number of hydrogen-bond acceptors (Lipinski definition) is 4. The van der Waals surface area contributed by atoms with E-state index in [0.717, 1.165) is 16.3 Å². The Morgan fingerprint density at radius 3 is 2.13 bits per heavy atom. The average Bonchev–Trinajstić information content (AvgIpc) is 2.47.